The van der Waals surface area contributed by atoms with Gasteiger partial charge in [-0.15, -0.1) is 0 Å². The Labute approximate surface area is 185 Å². The van der Waals surface area contributed by atoms with Crippen LogP contribution in [0, 0.1) is 0 Å². The molecule has 178 valence electrons. The Morgan fingerprint density at radius 3 is 2.39 bits per heavy atom. The van der Waals surface area contributed by atoms with E-state index in [1.165, 1.54) is 38.6 Å². The van der Waals surface area contributed by atoms with Crippen LogP contribution in [0.3, 0.4) is 0 Å². The van der Waals surface area contributed by atoms with E-state index < -0.39 is 34.9 Å². The molecule has 33 heavy (non-hydrogen) atoms. The Morgan fingerprint density at radius 1 is 1.15 bits per heavy atom. The number of alkyl halides is 5. The lowest BCUT2D eigenvalue weighted by Gasteiger charge is -2.39. The van der Waals surface area contributed by atoms with Crippen molar-refractivity contribution in [2.75, 3.05) is 20.7 Å². The number of halogens is 5. The molecule has 0 bridgehead atoms. The van der Waals surface area contributed by atoms with Gasteiger partial charge in [-0.1, -0.05) is 6.07 Å². The number of carbonyl (C=O) groups is 1. The maximum Gasteiger partial charge on any atom is 0.458 e. The van der Waals surface area contributed by atoms with E-state index in [0.717, 1.165) is 15.5 Å². The molecule has 11 heteroatoms. The van der Waals surface area contributed by atoms with Crippen molar-refractivity contribution in [3.8, 4) is 5.75 Å². The Morgan fingerprint density at radius 2 is 1.82 bits per heavy atom. The Balaban J connectivity index is 2.35. The van der Waals surface area contributed by atoms with Crippen molar-refractivity contribution in [1.29, 1.82) is 0 Å². The van der Waals surface area contributed by atoms with E-state index in [4.69, 9.17) is 4.74 Å². The zero-order valence-electron chi connectivity index (χ0n) is 18.2. The third-order valence-corrected chi connectivity index (χ3v) is 5.28. The van der Waals surface area contributed by atoms with Gasteiger partial charge in [0.1, 0.15) is 11.4 Å². The fourth-order valence-electron chi connectivity index (χ4n) is 3.56. The molecule has 0 saturated carbocycles. The highest BCUT2D eigenvalue weighted by Gasteiger charge is 2.59. The van der Waals surface area contributed by atoms with Gasteiger partial charge in [-0.05, 0) is 38.1 Å². The molecule has 0 N–H and O–H groups in total. The average molecular weight is 472 g/mol. The van der Waals surface area contributed by atoms with Gasteiger partial charge in [0.2, 0.25) is 0 Å². The number of ether oxygens (including phenoxy) is 2. The number of rotatable bonds is 4. The van der Waals surface area contributed by atoms with Crippen molar-refractivity contribution in [3.63, 3.8) is 0 Å². The number of pyridine rings is 1. The second-order valence-corrected chi connectivity index (χ2v) is 7.96. The molecule has 2 heterocycles. The molecule has 1 aromatic carbocycles. The summed E-state index contributed by atoms with van der Waals surface area (Å²) in [5, 5.41) is 0. The summed E-state index contributed by atoms with van der Waals surface area (Å²) < 4.78 is 79.1. The minimum atomic E-state index is -5.82. The lowest BCUT2D eigenvalue weighted by atomic mass is 9.87. The average Bonchev–Trinajstić information content (AvgIpc) is 2.72. The molecule has 0 fully saturated rings. The molecule has 0 spiro atoms. The second-order valence-electron chi connectivity index (χ2n) is 7.96. The lowest BCUT2D eigenvalue weighted by molar-refractivity contribution is -0.289. The molecule has 3 rings (SSSR count). The highest BCUT2D eigenvalue weighted by molar-refractivity contribution is 5.78. The zero-order chi connectivity index (χ0) is 24.8. The third-order valence-electron chi connectivity index (χ3n) is 5.28. The molecular formula is C22H21F5N2O4. The molecule has 6 nitrogen and oxygen atoms in total. The van der Waals surface area contributed by atoms with Crippen LogP contribution in [0.25, 0.3) is 5.70 Å². The van der Waals surface area contributed by atoms with Crippen molar-refractivity contribution in [2.24, 2.45) is 0 Å². The van der Waals surface area contributed by atoms with Crippen LogP contribution in [-0.4, -0.2) is 48.0 Å². The smallest absolute Gasteiger partial charge is 0.458 e. The summed E-state index contributed by atoms with van der Waals surface area (Å²) in [5.41, 5.74) is -2.82. The number of hydrogen-bond acceptors (Lipinski definition) is 4. The number of fused-ring (bicyclic) bond motifs is 1. The van der Waals surface area contributed by atoms with E-state index in [0.29, 0.717) is 17.7 Å². The third kappa shape index (κ3) is 4.31. The first-order valence-corrected chi connectivity index (χ1v) is 9.70. The molecule has 1 aromatic heterocycles. The van der Waals surface area contributed by atoms with Gasteiger partial charge in [0, 0.05) is 36.0 Å². The Bertz CT molecular complexity index is 1170. The van der Waals surface area contributed by atoms with Gasteiger partial charge in [-0.3, -0.25) is 9.36 Å². The van der Waals surface area contributed by atoms with Crippen LogP contribution >= 0.6 is 0 Å². The molecule has 0 atom stereocenters. The predicted molar refractivity (Wildman–Crippen MR) is 109 cm³/mol. The van der Waals surface area contributed by atoms with Gasteiger partial charge >= 0.3 is 18.2 Å². The monoisotopic (exact) mass is 472 g/mol. The Kier molecular flexibility index (Phi) is 6.03. The maximum atomic E-state index is 14.1. The predicted octanol–water partition coefficient (Wildman–Crippen LogP) is 4.63. The first-order valence-electron chi connectivity index (χ1n) is 9.70. The topological polar surface area (TPSA) is 60.8 Å². The highest BCUT2D eigenvalue weighted by Crippen LogP contribution is 2.48. The van der Waals surface area contributed by atoms with Gasteiger partial charge in [-0.2, -0.15) is 22.0 Å². The minimum Gasteiger partial charge on any atom is -0.483 e. The number of carbonyl (C=O) groups excluding carboxylic acids is 1. The van der Waals surface area contributed by atoms with Crippen LogP contribution in [0.4, 0.5) is 26.7 Å². The minimum absolute atomic E-state index is 0.0111. The van der Waals surface area contributed by atoms with Crippen LogP contribution in [0.2, 0.25) is 0 Å². The molecule has 1 aliphatic rings. The van der Waals surface area contributed by atoms with E-state index >= 15 is 0 Å². The first-order chi connectivity index (χ1) is 15.2. The molecule has 1 amide bonds. The van der Waals surface area contributed by atoms with E-state index in [9.17, 15) is 31.5 Å². The normalized spacial score (nSPS) is 15.5. The van der Waals surface area contributed by atoms with Gasteiger partial charge in [0.15, 0.2) is 0 Å². The second kappa shape index (κ2) is 8.20. The summed E-state index contributed by atoms with van der Waals surface area (Å²) in [6.45, 7) is 3.10. The summed E-state index contributed by atoms with van der Waals surface area (Å²) in [4.78, 5) is 25.8. The van der Waals surface area contributed by atoms with E-state index in [2.05, 4.69) is 4.74 Å². The SMILES string of the molecule is COC(=O)N(C)CC1=C(n2ccccc2=O)c2cc(C(F)(F)C(F)(F)F)ccc2OC1(C)C. The summed E-state index contributed by atoms with van der Waals surface area (Å²) in [7, 11) is 2.57. The summed E-state index contributed by atoms with van der Waals surface area (Å²) >= 11 is 0. The van der Waals surface area contributed by atoms with Crippen LogP contribution < -0.4 is 10.3 Å². The van der Waals surface area contributed by atoms with E-state index in [-0.39, 0.29) is 23.6 Å². The fraction of sp³-hybridized carbons (Fsp3) is 0.364. The molecule has 0 radical (unpaired) electrons. The van der Waals surface area contributed by atoms with Crippen LogP contribution in [0.5, 0.6) is 5.75 Å². The number of hydrogen-bond donors (Lipinski definition) is 0. The molecule has 1 aliphatic heterocycles. The number of amides is 1. The molecule has 0 aliphatic carbocycles. The first kappa shape index (κ1) is 24.3. The van der Waals surface area contributed by atoms with Crippen molar-refractivity contribution in [1.82, 2.24) is 9.47 Å². The van der Waals surface area contributed by atoms with Crippen LogP contribution in [-0.2, 0) is 10.7 Å². The zero-order valence-corrected chi connectivity index (χ0v) is 18.2. The maximum absolute atomic E-state index is 14.1. The Hall–Kier alpha value is -3.37. The van der Waals surface area contributed by atoms with Crippen LogP contribution in [0.15, 0.2) is 53.0 Å². The molecule has 2 aromatic rings. The summed E-state index contributed by atoms with van der Waals surface area (Å²) in [5.74, 6) is -5.12. The van der Waals surface area contributed by atoms with Crippen molar-refractivity contribution >= 4 is 11.8 Å². The largest absolute Gasteiger partial charge is 0.483 e. The number of benzene rings is 1. The number of nitrogens with zero attached hydrogens (tertiary/aromatic N) is 2. The van der Waals surface area contributed by atoms with Crippen LogP contribution in [0.1, 0.15) is 25.0 Å². The number of methoxy groups -OCH3 is 1. The van der Waals surface area contributed by atoms with Crippen molar-refractivity contribution in [3.05, 3.63) is 69.6 Å². The summed E-state index contributed by atoms with van der Waals surface area (Å²) in [6.07, 6.45) is -5.19. The standard InChI is InChI=1S/C22H21F5N2O4/c1-20(2)15(12-28(3)19(31)32-4)18(29-10-6-5-7-17(29)30)14-11-13(8-9-16(14)33-20)21(23,24)22(25,26)27/h5-11H,12H2,1-4H3. The van der Waals surface area contributed by atoms with Crippen molar-refractivity contribution in [2.45, 2.75) is 31.5 Å². The van der Waals surface area contributed by atoms with Gasteiger partial charge in [-0.25, -0.2) is 4.79 Å². The quantitative estimate of drug-likeness (QED) is 0.609. The molecular weight excluding hydrogens is 451 g/mol. The number of likely N-dealkylation sites (N-methyl/N-ethyl adjacent to an activating group) is 1. The molecule has 0 saturated heterocycles. The molecule has 0 unspecified atom stereocenters. The van der Waals surface area contributed by atoms with Gasteiger partial charge in [0.25, 0.3) is 5.56 Å². The van der Waals surface area contributed by atoms with E-state index in [1.807, 2.05) is 0 Å². The lowest BCUT2D eigenvalue weighted by Crippen LogP contribution is -2.43. The van der Waals surface area contributed by atoms with Crippen molar-refractivity contribution < 1.29 is 36.2 Å². The fourth-order valence-corrected chi connectivity index (χ4v) is 3.56. The highest BCUT2D eigenvalue weighted by atomic mass is 19.4. The number of aromatic nitrogens is 1. The summed E-state index contributed by atoms with van der Waals surface area (Å²) in [6, 6.07) is 6.49. The van der Waals surface area contributed by atoms with E-state index in [1.54, 1.807) is 13.8 Å². The van der Waals surface area contributed by atoms with Gasteiger partial charge in [0.05, 0.1) is 19.4 Å². The van der Waals surface area contributed by atoms with Gasteiger partial charge < -0.3 is 14.4 Å².